The number of ether oxygens (including phenoxy) is 2. The summed E-state index contributed by atoms with van der Waals surface area (Å²) in [5.74, 6) is 0.296. The molecule has 2 aromatic rings. The van der Waals surface area contributed by atoms with Crippen LogP contribution in [0.15, 0.2) is 47.4 Å². The molecular weight excluding hydrogens is 478 g/mol. The van der Waals surface area contributed by atoms with Crippen molar-refractivity contribution in [1.29, 1.82) is 0 Å². The van der Waals surface area contributed by atoms with Crippen molar-refractivity contribution in [3.8, 4) is 5.75 Å². The van der Waals surface area contributed by atoms with Crippen LogP contribution in [0.4, 0.5) is 5.69 Å². The van der Waals surface area contributed by atoms with Gasteiger partial charge in [-0.15, -0.1) is 0 Å². The van der Waals surface area contributed by atoms with Crippen molar-refractivity contribution in [3.63, 3.8) is 0 Å². The van der Waals surface area contributed by atoms with Crippen molar-refractivity contribution in [3.05, 3.63) is 53.1 Å². The molecule has 3 rings (SSSR count). The standard InChI is InChI=1S/C24H32ClN3O5S/c1-16-13-27(3)17(2)15-33-22-12-19(26-34(30,31)20-9-6-18(25)7-10-20)8-11-21(22)24(29)28(4)14-23(16)32-5/h6-12,16-17,23,26H,13-15H2,1-5H3/t16-,17-,23+/m0/s1. The first-order valence-electron chi connectivity index (χ1n) is 11.1. The highest BCUT2D eigenvalue weighted by molar-refractivity contribution is 7.92. The van der Waals surface area contributed by atoms with Crippen molar-refractivity contribution in [2.24, 2.45) is 5.92 Å². The van der Waals surface area contributed by atoms with Crippen LogP contribution in [0.5, 0.6) is 5.75 Å². The van der Waals surface area contributed by atoms with Crippen LogP contribution in [0, 0.1) is 5.92 Å². The summed E-state index contributed by atoms with van der Waals surface area (Å²) in [5.41, 5.74) is 0.649. The Hall–Kier alpha value is -2.33. The number of sulfonamides is 1. The van der Waals surface area contributed by atoms with E-state index < -0.39 is 10.0 Å². The molecule has 34 heavy (non-hydrogen) atoms. The number of nitrogens with zero attached hydrogens (tertiary/aromatic N) is 2. The molecule has 0 aromatic heterocycles. The summed E-state index contributed by atoms with van der Waals surface area (Å²) in [6.45, 7) is 5.68. The normalized spacial score (nSPS) is 22.8. The molecule has 1 aliphatic rings. The number of anilines is 1. The van der Waals surface area contributed by atoms with Crippen molar-refractivity contribution in [2.45, 2.75) is 30.9 Å². The number of rotatable bonds is 4. The van der Waals surface area contributed by atoms with E-state index in [1.165, 1.54) is 24.3 Å². The molecule has 1 amide bonds. The van der Waals surface area contributed by atoms with Crippen LogP contribution in [0.1, 0.15) is 24.2 Å². The van der Waals surface area contributed by atoms with Gasteiger partial charge in [0.2, 0.25) is 0 Å². The molecule has 1 aliphatic heterocycles. The average molecular weight is 510 g/mol. The fourth-order valence-electron chi connectivity index (χ4n) is 3.84. The molecule has 0 unspecified atom stereocenters. The van der Waals surface area contributed by atoms with E-state index in [1.807, 2.05) is 14.0 Å². The summed E-state index contributed by atoms with van der Waals surface area (Å²) < 4.78 is 39.9. The first-order valence-corrected chi connectivity index (χ1v) is 12.9. The van der Waals surface area contributed by atoms with E-state index in [4.69, 9.17) is 21.1 Å². The van der Waals surface area contributed by atoms with Crippen molar-refractivity contribution in [2.75, 3.05) is 45.6 Å². The number of carbonyl (C=O) groups is 1. The molecule has 2 aromatic carbocycles. The first-order chi connectivity index (χ1) is 16.0. The lowest BCUT2D eigenvalue weighted by Crippen LogP contribution is -2.45. The van der Waals surface area contributed by atoms with E-state index in [0.717, 1.165) is 6.54 Å². The summed E-state index contributed by atoms with van der Waals surface area (Å²) in [5, 5.41) is 0.443. The van der Waals surface area contributed by atoms with Crippen LogP contribution in [0.2, 0.25) is 5.02 Å². The van der Waals surface area contributed by atoms with E-state index in [-0.39, 0.29) is 28.9 Å². The zero-order valence-corrected chi connectivity index (χ0v) is 21.7. The van der Waals surface area contributed by atoms with Crippen LogP contribution in [-0.4, -0.2) is 77.2 Å². The second kappa shape index (κ2) is 10.9. The lowest BCUT2D eigenvalue weighted by atomic mass is 10.0. The van der Waals surface area contributed by atoms with Gasteiger partial charge in [-0.1, -0.05) is 18.5 Å². The minimum Gasteiger partial charge on any atom is -0.491 e. The maximum Gasteiger partial charge on any atom is 0.261 e. The smallest absolute Gasteiger partial charge is 0.261 e. The van der Waals surface area contributed by atoms with Crippen LogP contribution in [0.3, 0.4) is 0 Å². The zero-order valence-electron chi connectivity index (χ0n) is 20.1. The quantitative estimate of drug-likeness (QED) is 0.677. The summed E-state index contributed by atoms with van der Waals surface area (Å²) >= 11 is 5.87. The second-order valence-corrected chi connectivity index (χ2v) is 10.9. The molecule has 8 nitrogen and oxygen atoms in total. The molecule has 10 heteroatoms. The van der Waals surface area contributed by atoms with E-state index in [2.05, 4.69) is 16.5 Å². The number of fused-ring (bicyclic) bond motifs is 1. The molecule has 0 aliphatic carbocycles. The van der Waals surface area contributed by atoms with Crippen LogP contribution < -0.4 is 9.46 Å². The Bertz CT molecular complexity index is 1110. The molecule has 0 saturated carbocycles. The third-order valence-corrected chi connectivity index (χ3v) is 7.78. The number of halogens is 1. The number of likely N-dealkylation sites (N-methyl/N-ethyl adjacent to an activating group) is 2. The lowest BCUT2D eigenvalue weighted by Gasteiger charge is -2.34. The highest BCUT2D eigenvalue weighted by atomic mass is 35.5. The molecule has 1 heterocycles. The number of hydrogen-bond acceptors (Lipinski definition) is 6. The SMILES string of the molecule is CO[C@@H]1CN(C)C(=O)c2ccc(NS(=O)(=O)c3ccc(Cl)cc3)cc2OC[C@H](C)N(C)C[C@@H]1C. The Morgan fingerprint density at radius 1 is 1.09 bits per heavy atom. The molecule has 0 radical (unpaired) electrons. The molecule has 0 bridgehead atoms. The van der Waals surface area contributed by atoms with E-state index in [1.54, 1.807) is 37.3 Å². The van der Waals surface area contributed by atoms with Gasteiger partial charge in [-0.3, -0.25) is 14.4 Å². The minimum absolute atomic E-state index is 0.0643. The van der Waals surface area contributed by atoms with Gasteiger partial charge in [0.05, 0.1) is 22.3 Å². The van der Waals surface area contributed by atoms with Gasteiger partial charge in [-0.2, -0.15) is 0 Å². The summed E-state index contributed by atoms with van der Waals surface area (Å²) in [6.07, 6.45) is -0.127. The number of hydrogen-bond donors (Lipinski definition) is 1. The number of carbonyl (C=O) groups excluding carboxylic acids is 1. The zero-order chi connectivity index (χ0) is 25.0. The Labute approximate surface area is 206 Å². The van der Waals surface area contributed by atoms with Crippen molar-refractivity contribution in [1.82, 2.24) is 9.80 Å². The van der Waals surface area contributed by atoms with E-state index in [9.17, 15) is 13.2 Å². The van der Waals surface area contributed by atoms with Crippen molar-refractivity contribution < 1.29 is 22.7 Å². The highest BCUT2D eigenvalue weighted by Crippen LogP contribution is 2.28. The lowest BCUT2D eigenvalue weighted by molar-refractivity contribution is 0.0150. The van der Waals surface area contributed by atoms with Gasteiger partial charge in [0.15, 0.2) is 0 Å². The van der Waals surface area contributed by atoms with Gasteiger partial charge in [0, 0.05) is 44.4 Å². The fraction of sp³-hybridized carbons (Fsp3) is 0.458. The number of benzene rings is 2. The van der Waals surface area contributed by atoms with E-state index >= 15 is 0 Å². The first kappa shape index (κ1) is 26.3. The van der Waals surface area contributed by atoms with Gasteiger partial charge in [-0.25, -0.2) is 8.42 Å². The second-order valence-electron chi connectivity index (χ2n) is 8.81. The molecule has 0 fully saturated rings. The number of amides is 1. The Morgan fingerprint density at radius 3 is 2.41 bits per heavy atom. The van der Waals surface area contributed by atoms with Gasteiger partial charge in [-0.05, 0) is 56.3 Å². The van der Waals surface area contributed by atoms with Gasteiger partial charge in [0.25, 0.3) is 15.9 Å². The Morgan fingerprint density at radius 2 is 1.76 bits per heavy atom. The molecule has 0 spiro atoms. The third kappa shape index (κ3) is 6.21. The van der Waals surface area contributed by atoms with E-state index in [0.29, 0.717) is 35.2 Å². The molecule has 186 valence electrons. The Balaban J connectivity index is 1.94. The maximum atomic E-state index is 13.2. The predicted molar refractivity (Wildman–Crippen MR) is 133 cm³/mol. The topological polar surface area (TPSA) is 88.2 Å². The van der Waals surface area contributed by atoms with Gasteiger partial charge >= 0.3 is 0 Å². The average Bonchev–Trinajstić information content (AvgIpc) is 2.79. The summed E-state index contributed by atoms with van der Waals surface area (Å²) in [7, 11) is 1.56. The molecule has 3 atom stereocenters. The van der Waals surface area contributed by atoms with Crippen molar-refractivity contribution >= 4 is 33.2 Å². The summed E-state index contributed by atoms with van der Waals surface area (Å²) in [4.78, 5) is 17.1. The van der Waals surface area contributed by atoms with Crippen LogP contribution in [0.25, 0.3) is 0 Å². The number of methoxy groups -OCH3 is 1. The monoisotopic (exact) mass is 509 g/mol. The van der Waals surface area contributed by atoms with Crippen LogP contribution in [-0.2, 0) is 14.8 Å². The highest BCUT2D eigenvalue weighted by Gasteiger charge is 2.27. The minimum atomic E-state index is -3.84. The summed E-state index contributed by atoms with van der Waals surface area (Å²) in [6, 6.07) is 10.6. The molecule has 1 N–H and O–H groups in total. The third-order valence-electron chi connectivity index (χ3n) is 6.13. The molecule has 0 saturated heterocycles. The predicted octanol–water partition coefficient (Wildman–Crippen LogP) is 3.58. The molecular formula is C24H32ClN3O5S. The Kier molecular flexibility index (Phi) is 8.46. The van der Waals surface area contributed by atoms with Gasteiger partial charge in [0.1, 0.15) is 12.4 Å². The number of nitrogens with one attached hydrogen (secondary N) is 1. The van der Waals surface area contributed by atoms with Crippen LogP contribution >= 0.6 is 11.6 Å². The van der Waals surface area contributed by atoms with Gasteiger partial charge < -0.3 is 14.4 Å². The fourth-order valence-corrected chi connectivity index (χ4v) is 5.02. The maximum absolute atomic E-state index is 13.2. The largest absolute Gasteiger partial charge is 0.491 e.